The highest BCUT2D eigenvalue weighted by atomic mass is 16.5. The van der Waals surface area contributed by atoms with E-state index in [1.165, 1.54) is 4.68 Å². The molecular formula is C25H19N3O4. The first-order valence-electron chi connectivity index (χ1n) is 9.95. The smallest absolute Gasteiger partial charge is 0.282 e. The zero-order valence-electron chi connectivity index (χ0n) is 17.5. The van der Waals surface area contributed by atoms with Gasteiger partial charge >= 0.3 is 0 Å². The number of hydrogen-bond acceptors (Lipinski definition) is 6. The fourth-order valence-electron chi connectivity index (χ4n) is 3.62. The van der Waals surface area contributed by atoms with Crippen LogP contribution in [0, 0.1) is 0 Å². The molecule has 5 aromatic rings. The van der Waals surface area contributed by atoms with Gasteiger partial charge in [0, 0.05) is 10.9 Å². The van der Waals surface area contributed by atoms with Gasteiger partial charge in [0.2, 0.25) is 5.82 Å². The Bertz CT molecular complexity index is 1500. The molecule has 0 atom stereocenters. The number of benzene rings is 3. The minimum atomic E-state index is -0.302. The van der Waals surface area contributed by atoms with Crippen LogP contribution in [0.5, 0.6) is 11.5 Å². The number of nitrogens with zero attached hydrogens (tertiary/aromatic N) is 3. The summed E-state index contributed by atoms with van der Waals surface area (Å²) < 4.78 is 18.1. The lowest BCUT2D eigenvalue weighted by molar-refractivity contribution is 0.354. The molecule has 3 aromatic carbocycles. The summed E-state index contributed by atoms with van der Waals surface area (Å²) >= 11 is 0. The number of para-hydroxylation sites is 3. The fraction of sp³-hybridized carbons (Fsp3) is 0.0800. The third-order valence-electron chi connectivity index (χ3n) is 5.15. The Morgan fingerprint density at radius 3 is 2.59 bits per heavy atom. The van der Waals surface area contributed by atoms with E-state index in [1.54, 1.807) is 44.7 Å². The number of aromatic nitrogens is 2. The topological polar surface area (TPSA) is 78.9 Å². The first-order valence-corrected chi connectivity index (χ1v) is 9.95. The third-order valence-corrected chi connectivity index (χ3v) is 5.15. The number of methoxy groups -OCH3 is 2. The van der Waals surface area contributed by atoms with Crippen molar-refractivity contribution in [1.29, 1.82) is 0 Å². The van der Waals surface area contributed by atoms with Crippen LogP contribution in [0.4, 0.5) is 0 Å². The molecule has 0 saturated carbocycles. The van der Waals surface area contributed by atoms with Crippen LogP contribution in [0.15, 0.2) is 87.1 Å². The molecule has 2 aromatic heterocycles. The Morgan fingerprint density at radius 2 is 1.78 bits per heavy atom. The Hall–Kier alpha value is -4.39. The molecule has 7 nitrogen and oxygen atoms in total. The first kappa shape index (κ1) is 19.6. The fourth-order valence-corrected chi connectivity index (χ4v) is 3.62. The van der Waals surface area contributed by atoms with Crippen LogP contribution in [0.3, 0.4) is 0 Å². The molecule has 0 N–H and O–H groups in total. The minimum absolute atomic E-state index is 0.302. The molecule has 0 aliphatic carbocycles. The summed E-state index contributed by atoms with van der Waals surface area (Å²) in [6.07, 6.45) is 1.55. The van der Waals surface area contributed by atoms with Gasteiger partial charge in [-0.2, -0.15) is 9.78 Å². The summed E-state index contributed by atoms with van der Waals surface area (Å²) in [6.45, 7) is 0. The Labute approximate surface area is 183 Å². The maximum Gasteiger partial charge on any atom is 0.282 e. The Morgan fingerprint density at radius 1 is 0.969 bits per heavy atom. The number of hydrogen-bond donors (Lipinski definition) is 0. The van der Waals surface area contributed by atoms with Crippen molar-refractivity contribution in [3.05, 3.63) is 88.7 Å². The van der Waals surface area contributed by atoms with Crippen molar-refractivity contribution in [2.45, 2.75) is 0 Å². The van der Waals surface area contributed by atoms with E-state index in [0.29, 0.717) is 45.1 Å². The maximum absolute atomic E-state index is 13.3. The molecule has 0 saturated heterocycles. The van der Waals surface area contributed by atoms with Crippen molar-refractivity contribution in [3.63, 3.8) is 0 Å². The molecule has 0 bridgehead atoms. The highest BCUT2D eigenvalue weighted by molar-refractivity contribution is 5.86. The van der Waals surface area contributed by atoms with Gasteiger partial charge in [0.15, 0.2) is 17.3 Å². The predicted molar refractivity (Wildman–Crippen MR) is 124 cm³/mol. The second kappa shape index (κ2) is 8.03. The summed E-state index contributed by atoms with van der Waals surface area (Å²) in [4.78, 5) is 18.0. The highest BCUT2D eigenvalue weighted by Gasteiger charge is 2.16. The molecule has 0 fully saturated rings. The molecule has 0 spiro atoms. The van der Waals surface area contributed by atoms with Crippen LogP contribution in [0.2, 0.25) is 0 Å². The maximum atomic E-state index is 13.3. The van der Waals surface area contributed by atoms with Crippen LogP contribution in [0.1, 0.15) is 5.56 Å². The van der Waals surface area contributed by atoms with Crippen molar-refractivity contribution in [1.82, 2.24) is 9.66 Å². The van der Waals surface area contributed by atoms with Gasteiger partial charge in [-0.05, 0) is 36.4 Å². The van der Waals surface area contributed by atoms with Gasteiger partial charge in [-0.25, -0.2) is 4.98 Å². The van der Waals surface area contributed by atoms with Crippen LogP contribution in [-0.4, -0.2) is 30.1 Å². The molecule has 32 heavy (non-hydrogen) atoms. The van der Waals surface area contributed by atoms with Crippen molar-refractivity contribution in [2.24, 2.45) is 5.10 Å². The third kappa shape index (κ3) is 3.30. The molecular weight excluding hydrogens is 406 g/mol. The van der Waals surface area contributed by atoms with Crippen LogP contribution < -0.4 is 15.0 Å². The van der Waals surface area contributed by atoms with Gasteiger partial charge in [-0.1, -0.05) is 36.4 Å². The number of fused-ring (bicyclic) bond motifs is 2. The number of ether oxygens (including phenoxy) is 2. The van der Waals surface area contributed by atoms with Crippen LogP contribution in [0.25, 0.3) is 33.5 Å². The van der Waals surface area contributed by atoms with E-state index in [1.807, 2.05) is 48.5 Å². The number of furan rings is 1. The van der Waals surface area contributed by atoms with Gasteiger partial charge in [0.25, 0.3) is 5.56 Å². The van der Waals surface area contributed by atoms with E-state index < -0.39 is 0 Å². The molecule has 0 radical (unpaired) electrons. The lowest BCUT2D eigenvalue weighted by Crippen LogP contribution is -2.20. The predicted octanol–water partition coefficient (Wildman–Crippen LogP) is 4.71. The number of rotatable bonds is 5. The molecule has 0 aliphatic heterocycles. The molecule has 0 unspecified atom stereocenters. The van der Waals surface area contributed by atoms with E-state index in [2.05, 4.69) is 10.1 Å². The van der Waals surface area contributed by atoms with Crippen molar-refractivity contribution >= 4 is 28.1 Å². The highest BCUT2D eigenvalue weighted by Crippen LogP contribution is 2.30. The Balaban J connectivity index is 1.73. The summed E-state index contributed by atoms with van der Waals surface area (Å²) in [5.41, 5.74) is 1.62. The quantitative estimate of drug-likeness (QED) is 0.381. The van der Waals surface area contributed by atoms with E-state index in [0.717, 1.165) is 5.39 Å². The zero-order valence-corrected chi connectivity index (χ0v) is 17.5. The largest absolute Gasteiger partial charge is 0.493 e. The second-order valence-corrected chi connectivity index (χ2v) is 7.05. The molecule has 0 aliphatic rings. The molecule has 7 heteroatoms. The summed E-state index contributed by atoms with van der Waals surface area (Å²) in [7, 11) is 3.12. The molecule has 0 amide bonds. The van der Waals surface area contributed by atoms with Gasteiger partial charge in [0.05, 0.1) is 31.3 Å². The van der Waals surface area contributed by atoms with E-state index in [4.69, 9.17) is 13.9 Å². The van der Waals surface area contributed by atoms with E-state index >= 15 is 0 Å². The summed E-state index contributed by atoms with van der Waals surface area (Å²) in [5, 5.41) is 5.85. The average Bonchev–Trinajstić information content (AvgIpc) is 3.27. The standard InChI is InChI=1S/C25H19N3O4/c1-30-21-13-7-9-17(23(21)31-2)15-26-28-24(22-14-16-8-3-6-12-20(16)32-22)27-19-11-5-4-10-18(19)25(28)29/h3-15H,1-2H3. The SMILES string of the molecule is COc1cccc(C=Nn2c(-c3cc4ccccc4o3)nc3ccccc3c2=O)c1OC. The van der Waals surface area contributed by atoms with Gasteiger partial charge in [0.1, 0.15) is 5.58 Å². The van der Waals surface area contributed by atoms with E-state index in [-0.39, 0.29) is 5.56 Å². The zero-order chi connectivity index (χ0) is 22.1. The first-order chi connectivity index (χ1) is 15.7. The lowest BCUT2D eigenvalue weighted by Gasteiger charge is -2.10. The van der Waals surface area contributed by atoms with Crippen molar-refractivity contribution in [3.8, 4) is 23.1 Å². The second-order valence-electron chi connectivity index (χ2n) is 7.05. The summed E-state index contributed by atoms with van der Waals surface area (Å²) in [6, 6.07) is 22.1. The van der Waals surface area contributed by atoms with Crippen molar-refractivity contribution in [2.75, 3.05) is 14.2 Å². The molecule has 2 heterocycles. The summed E-state index contributed by atoms with van der Waals surface area (Å²) in [5.74, 6) is 1.84. The van der Waals surface area contributed by atoms with Gasteiger partial charge < -0.3 is 13.9 Å². The van der Waals surface area contributed by atoms with Gasteiger partial charge in [-0.3, -0.25) is 4.79 Å². The lowest BCUT2D eigenvalue weighted by atomic mass is 10.2. The van der Waals surface area contributed by atoms with Crippen LogP contribution >= 0.6 is 0 Å². The van der Waals surface area contributed by atoms with Crippen LogP contribution in [-0.2, 0) is 0 Å². The average molecular weight is 425 g/mol. The monoisotopic (exact) mass is 425 g/mol. The molecule has 5 rings (SSSR count). The normalized spacial score (nSPS) is 11.4. The van der Waals surface area contributed by atoms with E-state index in [9.17, 15) is 4.79 Å². The minimum Gasteiger partial charge on any atom is -0.493 e. The van der Waals surface area contributed by atoms with Gasteiger partial charge in [-0.15, -0.1) is 0 Å². The Kier molecular flexibility index (Phi) is 4.91. The molecule has 158 valence electrons. The van der Waals surface area contributed by atoms with Crippen molar-refractivity contribution < 1.29 is 13.9 Å².